The number of ether oxygens (including phenoxy) is 1. The lowest BCUT2D eigenvalue weighted by molar-refractivity contribution is 0.0620. The molecule has 0 radical (unpaired) electrons. The molecule has 0 bridgehead atoms. The minimum absolute atomic E-state index is 0.0104. The van der Waals surface area contributed by atoms with E-state index in [1.54, 1.807) is 13.0 Å². The van der Waals surface area contributed by atoms with Crippen molar-refractivity contribution in [3.05, 3.63) is 22.5 Å². The molecule has 0 saturated carbocycles. The van der Waals surface area contributed by atoms with Gasteiger partial charge in [-0.15, -0.1) is 0 Å². The van der Waals surface area contributed by atoms with Gasteiger partial charge in [0.25, 0.3) is 0 Å². The second kappa shape index (κ2) is 6.53. The van der Waals surface area contributed by atoms with E-state index < -0.39 is 26.9 Å². The van der Waals surface area contributed by atoms with Crippen molar-refractivity contribution in [1.29, 1.82) is 0 Å². The molecule has 1 aromatic rings. The van der Waals surface area contributed by atoms with Gasteiger partial charge >= 0.3 is 0 Å². The molecule has 6 nitrogen and oxygen atoms in total. The molecule has 0 spiro atoms. The average molecular weight is 376 g/mol. The third-order valence-corrected chi connectivity index (χ3v) is 6.25. The van der Waals surface area contributed by atoms with Gasteiger partial charge in [0.1, 0.15) is 12.2 Å². The van der Waals surface area contributed by atoms with Crippen LogP contribution in [0.15, 0.2) is 6.07 Å². The van der Waals surface area contributed by atoms with Gasteiger partial charge in [-0.3, -0.25) is 0 Å². The van der Waals surface area contributed by atoms with E-state index in [0.717, 1.165) is 5.56 Å². The van der Waals surface area contributed by atoms with Crippen molar-refractivity contribution >= 4 is 22.6 Å². The lowest BCUT2D eigenvalue weighted by atomic mass is 9.89. The molecule has 1 aromatic heterocycles. The van der Waals surface area contributed by atoms with Gasteiger partial charge in [-0.2, -0.15) is 0 Å². The van der Waals surface area contributed by atoms with Gasteiger partial charge in [-0.1, -0.05) is 18.5 Å². The number of nitrogens with two attached hydrogens (primary N) is 1. The SMILES string of the molecule is CC[C@]1(NS(=O)C(C)(C)C)COc2c1cc([C@](C)(O)CN)nc2Cl. The second-order valence-electron chi connectivity index (χ2n) is 7.36. The Balaban J connectivity index is 2.54. The number of hydrogen-bond acceptors (Lipinski definition) is 5. The first-order valence-electron chi connectivity index (χ1n) is 7.93. The van der Waals surface area contributed by atoms with E-state index in [0.29, 0.717) is 24.5 Å². The van der Waals surface area contributed by atoms with Crippen LogP contribution in [0.4, 0.5) is 0 Å². The lowest BCUT2D eigenvalue weighted by Gasteiger charge is -2.32. The van der Waals surface area contributed by atoms with Gasteiger partial charge in [0, 0.05) is 12.1 Å². The molecule has 0 fully saturated rings. The Morgan fingerprint density at radius 1 is 1.50 bits per heavy atom. The molecule has 1 unspecified atom stereocenters. The molecule has 4 N–H and O–H groups in total. The van der Waals surface area contributed by atoms with Gasteiger partial charge in [0.05, 0.1) is 27.0 Å². The van der Waals surface area contributed by atoms with Crippen LogP contribution in [0.2, 0.25) is 5.15 Å². The summed E-state index contributed by atoms with van der Waals surface area (Å²) in [5, 5.41) is 10.6. The van der Waals surface area contributed by atoms with E-state index in [-0.39, 0.29) is 11.7 Å². The molecular weight excluding hydrogens is 350 g/mol. The Morgan fingerprint density at radius 2 is 2.12 bits per heavy atom. The van der Waals surface area contributed by atoms with E-state index in [1.807, 2.05) is 27.7 Å². The maximum atomic E-state index is 12.6. The summed E-state index contributed by atoms with van der Waals surface area (Å²) in [6, 6.07) is 1.75. The number of hydrogen-bond donors (Lipinski definition) is 3. The molecular formula is C16H26ClN3O3S. The number of aliphatic hydroxyl groups is 1. The Kier molecular flexibility index (Phi) is 5.33. The van der Waals surface area contributed by atoms with Crippen LogP contribution in [0.5, 0.6) is 5.75 Å². The van der Waals surface area contributed by atoms with Crippen LogP contribution >= 0.6 is 11.6 Å². The summed E-state index contributed by atoms with van der Waals surface area (Å²) in [4.78, 5) is 4.22. The highest BCUT2D eigenvalue weighted by Crippen LogP contribution is 2.44. The van der Waals surface area contributed by atoms with Crippen LogP contribution in [0.3, 0.4) is 0 Å². The molecule has 2 heterocycles. The maximum Gasteiger partial charge on any atom is 0.171 e. The van der Waals surface area contributed by atoms with Crippen molar-refractivity contribution in [3.8, 4) is 5.75 Å². The van der Waals surface area contributed by atoms with Crippen molar-refractivity contribution in [2.24, 2.45) is 5.73 Å². The monoisotopic (exact) mass is 375 g/mol. The normalized spacial score (nSPS) is 24.2. The summed E-state index contributed by atoms with van der Waals surface area (Å²) >= 11 is 6.26. The summed E-state index contributed by atoms with van der Waals surface area (Å²) in [5.41, 5.74) is 4.82. The van der Waals surface area contributed by atoms with E-state index >= 15 is 0 Å². The molecule has 0 amide bonds. The van der Waals surface area contributed by atoms with Crippen molar-refractivity contribution in [1.82, 2.24) is 9.71 Å². The van der Waals surface area contributed by atoms with Crippen LogP contribution in [0, 0.1) is 0 Å². The standard InChI is InChI=1S/C16H26ClN3O3S/c1-6-16(20-24(22)14(2,3)4)9-23-12-10(16)7-11(19-13(12)17)15(5,21)8-18/h7,20-21H,6,8-9,18H2,1-5H3/t15-,16+,24?/m1/s1. The van der Waals surface area contributed by atoms with Crippen LogP contribution in [0.1, 0.15) is 52.3 Å². The zero-order valence-corrected chi connectivity index (χ0v) is 16.3. The molecule has 3 atom stereocenters. The van der Waals surface area contributed by atoms with Crippen molar-refractivity contribution in [3.63, 3.8) is 0 Å². The molecule has 1 aliphatic rings. The quantitative estimate of drug-likeness (QED) is 0.683. The second-order valence-corrected chi connectivity index (χ2v) is 9.68. The van der Waals surface area contributed by atoms with E-state index in [2.05, 4.69) is 9.71 Å². The Morgan fingerprint density at radius 3 is 2.62 bits per heavy atom. The highest BCUT2D eigenvalue weighted by Gasteiger charge is 2.44. The Hall–Kier alpha value is -0.730. The summed E-state index contributed by atoms with van der Waals surface area (Å²) in [5.74, 6) is 0.466. The number of aromatic nitrogens is 1. The molecule has 24 heavy (non-hydrogen) atoms. The van der Waals surface area contributed by atoms with Crippen molar-refractivity contribution in [2.45, 2.75) is 56.9 Å². The fourth-order valence-electron chi connectivity index (χ4n) is 2.43. The summed E-state index contributed by atoms with van der Waals surface area (Å²) < 4.78 is 21.2. The highest BCUT2D eigenvalue weighted by molar-refractivity contribution is 7.84. The fourth-order valence-corrected chi connectivity index (χ4v) is 3.65. The fraction of sp³-hybridized carbons (Fsp3) is 0.688. The predicted molar refractivity (Wildman–Crippen MR) is 96.4 cm³/mol. The van der Waals surface area contributed by atoms with Gasteiger partial charge in [0.15, 0.2) is 10.9 Å². The molecule has 0 aromatic carbocycles. The zero-order valence-electron chi connectivity index (χ0n) is 14.8. The smallest absolute Gasteiger partial charge is 0.171 e. The van der Waals surface area contributed by atoms with E-state index in [9.17, 15) is 9.32 Å². The lowest BCUT2D eigenvalue weighted by Crippen LogP contribution is -2.49. The first-order valence-corrected chi connectivity index (χ1v) is 9.46. The molecule has 0 saturated heterocycles. The third kappa shape index (κ3) is 3.46. The van der Waals surface area contributed by atoms with E-state index in [1.165, 1.54) is 0 Å². The van der Waals surface area contributed by atoms with Crippen molar-refractivity contribution in [2.75, 3.05) is 13.2 Å². The maximum absolute atomic E-state index is 12.6. The highest BCUT2D eigenvalue weighted by atomic mass is 35.5. The molecule has 1 aliphatic heterocycles. The van der Waals surface area contributed by atoms with E-state index in [4.69, 9.17) is 22.1 Å². The van der Waals surface area contributed by atoms with Gasteiger partial charge in [-0.05, 0) is 40.2 Å². The van der Waals surface area contributed by atoms with Crippen LogP contribution in [-0.2, 0) is 22.1 Å². The number of fused-ring (bicyclic) bond motifs is 1. The predicted octanol–water partition coefficient (Wildman–Crippen LogP) is 1.95. The van der Waals surface area contributed by atoms with Gasteiger partial charge in [0.2, 0.25) is 0 Å². The summed E-state index contributed by atoms with van der Waals surface area (Å²) in [6.07, 6.45) is 0.645. The van der Waals surface area contributed by atoms with Gasteiger partial charge < -0.3 is 15.6 Å². The topological polar surface area (TPSA) is 97.5 Å². The molecule has 8 heteroatoms. The Labute approximate surface area is 150 Å². The largest absolute Gasteiger partial charge is 0.488 e. The van der Waals surface area contributed by atoms with Gasteiger partial charge in [-0.25, -0.2) is 13.9 Å². The number of rotatable bonds is 5. The third-order valence-electron chi connectivity index (χ3n) is 4.31. The van der Waals surface area contributed by atoms with Crippen LogP contribution in [0.25, 0.3) is 0 Å². The molecule has 0 aliphatic carbocycles. The number of halogens is 1. The summed E-state index contributed by atoms with van der Waals surface area (Å²) in [7, 11) is -1.29. The summed E-state index contributed by atoms with van der Waals surface area (Å²) in [6.45, 7) is 9.59. The zero-order chi connectivity index (χ0) is 18.3. The first-order chi connectivity index (χ1) is 11.0. The van der Waals surface area contributed by atoms with Crippen LogP contribution in [-0.4, -0.2) is 32.2 Å². The number of nitrogens with zero attached hydrogens (tertiary/aromatic N) is 1. The minimum Gasteiger partial charge on any atom is -0.488 e. The Bertz CT molecular complexity index is 661. The average Bonchev–Trinajstić information content (AvgIpc) is 2.86. The first kappa shape index (κ1) is 19.6. The molecule has 136 valence electrons. The number of nitrogens with one attached hydrogen (secondary N) is 1. The minimum atomic E-state index is -1.30. The molecule has 2 rings (SSSR count). The number of pyridine rings is 1. The van der Waals surface area contributed by atoms with Crippen LogP contribution < -0.4 is 15.2 Å². The van der Waals surface area contributed by atoms with Crippen molar-refractivity contribution < 1.29 is 14.1 Å².